The van der Waals surface area contributed by atoms with E-state index in [-0.39, 0.29) is 0 Å². The summed E-state index contributed by atoms with van der Waals surface area (Å²) < 4.78 is 0. The molecule has 1 rings (SSSR count). The number of allylic oxidation sites excluding steroid dienone is 1. The lowest BCUT2D eigenvalue weighted by molar-refractivity contribution is 0.922. The Kier molecular flexibility index (Phi) is 5.94. The Morgan fingerprint density at radius 1 is 1.27 bits per heavy atom. The normalized spacial score (nSPS) is 10.8. The van der Waals surface area contributed by atoms with Gasteiger partial charge in [-0.25, -0.2) is 0 Å². The summed E-state index contributed by atoms with van der Waals surface area (Å²) in [6.07, 6.45) is 6.31. The van der Waals surface area contributed by atoms with Crippen molar-refractivity contribution < 1.29 is 0 Å². The van der Waals surface area contributed by atoms with Crippen LogP contribution >= 0.6 is 11.6 Å². The van der Waals surface area contributed by atoms with Crippen molar-refractivity contribution in [2.75, 3.05) is 17.7 Å². The Hall–Kier alpha value is -0.950. The van der Waals surface area contributed by atoms with Crippen molar-refractivity contribution in [1.29, 1.82) is 0 Å². The summed E-state index contributed by atoms with van der Waals surface area (Å²) in [7, 11) is 0. The maximum absolute atomic E-state index is 5.55. The molecule has 15 heavy (non-hydrogen) atoms. The smallest absolute Gasteiger partial charge is 0.0404 e. The number of halogens is 1. The molecule has 1 nitrogen and oxygen atoms in total. The number of nitrogens with one attached hydrogen (secondary N) is 1. The van der Waals surface area contributed by atoms with Gasteiger partial charge in [-0.3, -0.25) is 0 Å². The maximum atomic E-state index is 5.55. The highest BCUT2D eigenvalue weighted by atomic mass is 35.5. The molecule has 2 heteroatoms. The first-order chi connectivity index (χ1) is 7.38. The van der Waals surface area contributed by atoms with Gasteiger partial charge in [-0.05, 0) is 18.1 Å². The van der Waals surface area contributed by atoms with Crippen LogP contribution in [0.1, 0.15) is 18.9 Å². The molecular weight excluding hydrogens is 206 g/mol. The average molecular weight is 224 g/mol. The second-order valence-corrected chi connectivity index (χ2v) is 3.72. The van der Waals surface area contributed by atoms with Gasteiger partial charge in [-0.1, -0.05) is 43.7 Å². The third-order valence-corrected chi connectivity index (χ3v) is 2.38. The number of alkyl halides is 1. The van der Waals surface area contributed by atoms with Crippen molar-refractivity contribution in [3.63, 3.8) is 0 Å². The molecule has 0 heterocycles. The van der Waals surface area contributed by atoms with E-state index in [9.17, 15) is 0 Å². The van der Waals surface area contributed by atoms with Gasteiger partial charge < -0.3 is 5.32 Å². The summed E-state index contributed by atoms with van der Waals surface area (Å²) in [5.74, 6) is 0.582. The van der Waals surface area contributed by atoms with Crippen LogP contribution in [-0.2, 0) is 6.42 Å². The SMILES string of the molecule is CCCc1ccccc1NC/C=C/CCl. The van der Waals surface area contributed by atoms with E-state index in [1.54, 1.807) is 0 Å². The molecule has 0 amide bonds. The zero-order chi connectivity index (χ0) is 10.9. The summed E-state index contributed by atoms with van der Waals surface area (Å²) >= 11 is 5.55. The molecule has 0 aliphatic rings. The van der Waals surface area contributed by atoms with Crippen LogP contribution in [0.15, 0.2) is 36.4 Å². The Morgan fingerprint density at radius 3 is 2.80 bits per heavy atom. The molecule has 0 spiro atoms. The van der Waals surface area contributed by atoms with E-state index in [4.69, 9.17) is 11.6 Å². The number of rotatable bonds is 6. The number of benzene rings is 1. The Morgan fingerprint density at radius 2 is 2.07 bits per heavy atom. The maximum Gasteiger partial charge on any atom is 0.0404 e. The highest BCUT2D eigenvalue weighted by molar-refractivity contribution is 6.18. The molecule has 0 fully saturated rings. The van der Waals surface area contributed by atoms with Crippen molar-refractivity contribution in [2.24, 2.45) is 0 Å². The number of para-hydroxylation sites is 1. The van der Waals surface area contributed by atoms with Crippen LogP contribution in [0.3, 0.4) is 0 Å². The fourth-order valence-corrected chi connectivity index (χ4v) is 1.62. The largest absolute Gasteiger partial charge is 0.381 e. The van der Waals surface area contributed by atoms with Gasteiger partial charge in [-0.2, -0.15) is 0 Å². The lowest BCUT2D eigenvalue weighted by atomic mass is 10.1. The summed E-state index contributed by atoms with van der Waals surface area (Å²) in [6.45, 7) is 3.04. The zero-order valence-corrected chi connectivity index (χ0v) is 9.93. The summed E-state index contributed by atoms with van der Waals surface area (Å²) in [6, 6.07) is 8.45. The second kappa shape index (κ2) is 7.36. The molecule has 0 aliphatic carbocycles. The molecule has 82 valence electrons. The van der Waals surface area contributed by atoms with Crippen LogP contribution in [0.5, 0.6) is 0 Å². The highest BCUT2D eigenvalue weighted by Gasteiger charge is 1.97. The number of hydrogen-bond acceptors (Lipinski definition) is 1. The molecule has 0 aliphatic heterocycles. The van der Waals surface area contributed by atoms with Crippen LogP contribution < -0.4 is 5.32 Å². The minimum Gasteiger partial charge on any atom is -0.381 e. The van der Waals surface area contributed by atoms with E-state index < -0.39 is 0 Å². The molecule has 1 N–H and O–H groups in total. The van der Waals surface area contributed by atoms with Crippen LogP contribution in [0.2, 0.25) is 0 Å². The average Bonchev–Trinajstić information content (AvgIpc) is 2.27. The Labute approximate surface area is 97.1 Å². The number of anilines is 1. The van der Waals surface area contributed by atoms with Gasteiger partial charge in [0.25, 0.3) is 0 Å². The van der Waals surface area contributed by atoms with Crippen molar-refractivity contribution in [3.8, 4) is 0 Å². The van der Waals surface area contributed by atoms with Gasteiger partial charge in [0.15, 0.2) is 0 Å². The first-order valence-corrected chi connectivity index (χ1v) is 5.94. The topological polar surface area (TPSA) is 12.0 Å². The van der Waals surface area contributed by atoms with Crippen LogP contribution in [0.4, 0.5) is 5.69 Å². The molecule has 0 radical (unpaired) electrons. The zero-order valence-electron chi connectivity index (χ0n) is 9.17. The molecule has 0 unspecified atom stereocenters. The lowest BCUT2D eigenvalue weighted by Crippen LogP contribution is -2.01. The lowest BCUT2D eigenvalue weighted by Gasteiger charge is -2.09. The summed E-state index contributed by atoms with van der Waals surface area (Å²) in [5.41, 5.74) is 2.62. The molecular formula is C13H18ClN. The van der Waals surface area contributed by atoms with E-state index in [0.717, 1.165) is 13.0 Å². The molecule has 0 aromatic heterocycles. The number of hydrogen-bond donors (Lipinski definition) is 1. The fourth-order valence-electron chi connectivity index (χ4n) is 1.50. The quantitative estimate of drug-likeness (QED) is 0.571. The first kappa shape index (κ1) is 12.1. The minimum absolute atomic E-state index is 0.582. The molecule has 1 aromatic rings. The van der Waals surface area contributed by atoms with Gasteiger partial charge >= 0.3 is 0 Å². The van der Waals surface area contributed by atoms with E-state index in [2.05, 4.69) is 42.6 Å². The van der Waals surface area contributed by atoms with Crippen molar-refractivity contribution in [2.45, 2.75) is 19.8 Å². The molecule has 0 bridgehead atoms. The van der Waals surface area contributed by atoms with E-state index in [0.29, 0.717) is 5.88 Å². The highest BCUT2D eigenvalue weighted by Crippen LogP contribution is 2.16. The van der Waals surface area contributed by atoms with Crippen molar-refractivity contribution in [1.82, 2.24) is 0 Å². The van der Waals surface area contributed by atoms with Crippen molar-refractivity contribution in [3.05, 3.63) is 42.0 Å². The molecule has 1 aromatic carbocycles. The third-order valence-electron chi connectivity index (χ3n) is 2.20. The van der Waals surface area contributed by atoms with Gasteiger partial charge in [0.1, 0.15) is 0 Å². The standard InChI is InChI=1S/C13H18ClN/c1-2-7-12-8-3-4-9-13(12)15-11-6-5-10-14/h3-6,8-9,15H,2,7,10-11H2,1H3/b6-5+. The molecule has 0 saturated heterocycles. The van der Waals surface area contributed by atoms with E-state index in [1.807, 2.05) is 6.08 Å². The Balaban J connectivity index is 2.55. The molecule has 0 saturated carbocycles. The molecule has 0 atom stereocenters. The van der Waals surface area contributed by atoms with Crippen molar-refractivity contribution >= 4 is 17.3 Å². The van der Waals surface area contributed by atoms with Crippen LogP contribution in [0, 0.1) is 0 Å². The monoisotopic (exact) mass is 223 g/mol. The fraction of sp³-hybridized carbons (Fsp3) is 0.385. The van der Waals surface area contributed by atoms with E-state index in [1.165, 1.54) is 17.7 Å². The first-order valence-electron chi connectivity index (χ1n) is 5.41. The minimum atomic E-state index is 0.582. The summed E-state index contributed by atoms with van der Waals surface area (Å²) in [4.78, 5) is 0. The van der Waals surface area contributed by atoms with Gasteiger partial charge in [0, 0.05) is 18.1 Å². The van der Waals surface area contributed by atoms with E-state index >= 15 is 0 Å². The summed E-state index contributed by atoms with van der Waals surface area (Å²) in [5, 5.41) is 3.39. The number of aryl methyl sites for hydroxylation is 1. The van der Waals surface area contributed by atoms with Crippen LogP contribution in [0.25, 0.3) is 0 Å². The predicted molar refractivity (Wildman–Crippen MR) is 68.8 cm³/mol. The van der Waals surface area contributed by atoms with Gasteiger partial charge in [-0.15, -0.1) is 11.6 Å². The predicted octanol–water partition coefficient (Wildman–Crippen LogP) is 3.85. The third kappa shape index (κ3) is 4.39. The van der Waals surface area contributed by atoms with Gasteiger partial charge in [0.2, 0.25) is 0 Å². The van der Waals surface area contributed by atoms with Gasteiger partial charge in [0.05, 0.1) is 0 Å². The Bertz CT molecular complexity index is 307. The van der Waals surface area contributed by atoms with Crippen LogP contribution in [-0.4, -0.2) is 12.4 Å². The second-order valence-electron chi connectivity index (χ2n) is 3.41.